The van der Waals surface area contributed by atoms with Crippen molar-refractivity contribution in [1.82, 2.24) is 4.98 Å². The number of phosphoric ester groups is 1. The number of pyridine rings is 1. The van der Waals surface area contributed by atoms with E-state index in [0.717, 1.165) is 46.9 Å². The summed E-state index contributed by atoms with van der Waals surface area (Å²) in [5.41, 5.74) is 2.89. The Hall–Kier alpha value is -2.37. The Kier molecular flexibility index (Phi) is 9.33. The minimum Gasteiger partial charge on any atom is -0.302 e. The van der Waals surface area contributed by atoms with Crippen molar-refractivity contribution in [3.63, 3.8) is 0 Å². The number of hydrogen-bond donors (Lipinski definition) is 1. The fourth-order valence-electron chi connectivity index (χ4n) is 3.80. The SMILES string of the molecule is CC(C)OP(=O)(O)OCCCCCCC(=O)Cc1ncc2ccccc2c1-c1ccccc1. The van der Waals surface area contributed by atoms with E-state index in [1.54, 1.807) is 13.8 Å². The van der Waals surface area contributed by atoms with Gasteiger partial charge in [0.15, 0.2) is 0 Å². The van der Waals surface area contributed by atoms with Crippen molar-refractivity contribution in [3.8, 4) is 11.1 Å². The Morgan fingerprint density at radius 2 is 1.70 bits per heavy atom. The van der Waals surface area contributed by atoms with Crippen molar-refractivity contribution < 1.29 is 23.3 Å². The number of phosphoric acid groups is 1. The molecule has 0 saturated carbocycles. The number of benzene rings is 2. The van der Waals surface area contributed by atoms with Crippen LogP contribution < -0.4 is 0 Å². The maximum absolute atomic E-state index is 12.7. The first-order valence-electron chi connectivity index (χ1n) is 11.5. The Morgan fingerprint density at radius 1 is 1.00 bits per heavy atom. The van der Waals surface area contributed by atoms with Gasteiger partial charge in [-0.15, -0.1) is 0 Å². The van der Waals surface area contributed by atoms with Crippen LogP contribution in [-0.2, 0) is 24.8 Å². The molecule has 6 nitrogen and oxygen atoms in total. The molecular weight excluding hydrogens is 437 g/mol. The van der Waals surface area contributed by atoms with E-state index in [1.165, 1.54) is 0 Å². The van der Waals surface area contributed by atoms with Gasteiger partial charge in [-0.05, 0) is 37.6 Å². The first kappa shape index (κ1) is 25.3. The van der Waals surface area contributed by atoms with Gasteiger partial charge >= 0.3 is 7.82 Å². The fourth-order valence-corrected chi connectivity index (χ4v) is 4.75. The lowest BCUT2D eigenvalue weighted by molar-refractivity contribution is -0.118. The van der Waals surface area contributed by atoms with Gasteiger partial charge in [-0.2, -0.15) is 0 Å². The van der Waals surface area contributed by atoms with Gasteiger partial charge in [-0.3, -0.25) is 18.8 Å². The molecule has 0 saturated heterocycles. The van der Waals surface area contributed by atoms with Crippen molar-refractivity contribution in [2.75, 3.05) is 6.61 Å². The normalized spacial score (nSPS) is 13.3. The lowest BCUT2D eigenvalue weighted by atomic mass is 9.94. The van der Waals surface area contributed by atoms with E-state index in [-0.39, 0.29) is 18.5 Å². The van der Waals surface area contributed by atoms with Crippen LogP contribution in [0.5, 0.6) is 0 Å². The lowest BCUT2D eigenvalue weighted by Gasteiger charge is -2.14. The van der Waals surface area contributed by atoms with Crippen LogP contribution in [0.25, 0.3) is 21.9 Å². The average molecular weight is 470 g/mol. The number of hydrogen-bond acceptors (Lipinski definition) is 5. The number of carbonyl (C=O) groups is 1. The molecule has 0 bridgehead atoms. The summed E-state index contributed by atoms with van der Waals surface area (Å²) in [5.74, 6) is 0.163. The maximum atomic E-state index is 12.7. The summed E-state index contributed by atoms with van der Waals surface area (Å²) in [6, 6.07) is 18.2. The van der Waals surface area contributed by atoms with Crippen molar-refractivity contribution in [3.05, 3.63) is 66.5 Å². The second-order valence-electron chi connectivity index (χ2n) is 8.37. The molecule has 176 valence electrons. The number of ketones is 1. The smallest absolute Gasteiger partial charge is 0.302 e. The molecule has 1 N–H and O–H groups in total. The number of carbonyl (C=O) groups excluding carboxylic acids is 1. The molecule has 0 radical (unpaired) electrons. The second kappa shape index (κ2) is 12.2. The van der Waals surface area contributed by atoms with Crippen molar-refractivity contribution in [2.24, 2.45) is 0 Å². The number of fused-ring (bicyclic) bond motifs is 1. The molecule has 1 heterocycles. The third-order valence-electron chi connectivity index (χ3n) is 5.25. The van der Waals surface area contributed by atoms with Gasteiger partial charge in [0.25, 0.3) is 0 Å². The maximum Gasteiger partial charge on any atom is 0.472 e. The molecule has 33 heavy (non-hydrogen) atoms. The van der Waals surface area contributed by atoms with E-state index < -0.39 is 7.82 Å². The van der Waals surface area contributed by atoms with Crippen LogP contribution in [0.3, 0.4) is 0 Å². The van der Waals surface area contributed by atoms with Gasteiger partial charge in [0.05, 0.1) is 18.4 Å². The van der Waals surface area contributed by atoms with Gasteiger partial charge in [-0.25, -0.2) is 4.57 Å². The molecule has 0 aliphatic rings. The number of nitrogens with zero attached hydrogens (tertiary/aromatic N) is 1. The molecule has 1 aromatic heterocycles. The van der Waals surface area contributed by atoms with Gasteiger partial charge in [0.1, 0.15) is 5.78 Å². The minimum absolute atomic E-state index is 0.163. The minimum atomic E-state index is -3.97. The summed E-state index contributed by atoms with van der Waals surface area (Å²) in [6.45, 7) is 3.52. The molecule has 0 fully saturated rings. The third-order valence-corrected chi connectivity index (χ3v) is 6.45. The van der Waals surface area contributed by atoms with Crippen LogP contribution in [0.1, 0.15) is 51.6 Å². The van der Waals surface area contributed by atoms with Crippen molar-refractivity contribution >= 4 is 24.4 Å². The molecule has 0 aliphatic carbocycles. The third kappa shape index (κ3) is 7.86. The van der Waals surface area contributed by atoms with Gasteiger partial charge in [-0.1, -0.05) is 67.4 Å². The second-order valence-corrected chi connectivity index (χ2v) is 9.77. The number of rotatable bonds is 13. The Balaban J connectivity index is 1.51. The predicted octanol–water partition coefficient (Wildman–Crippen LogP) is 6.51. The Labute approximate surface area is 195 Å². The van der Waals surface area contributed by atoms with E-state index >= 15 is 0 Å². The average Bonchev–Trinajstić information content (AvgIpc) is 2.78. The predicted molar refractivity (Wildman–Crippen MR) is 131 cm³/mol. The molecule has 0 amide bonds. The van der Waals surface area contributed by atoms with Crippen LogP contribution in [0.4, 0.5) is 0 Å². The molecule has 3 rings (SSSR count). The zero-order valence-corrected chi connectivity index (χ0v) is 20.2. The standard InChI is InChI=1S/C26H32NO5P/c1-20(2)32-33(29,30)31-17-11-4-3-8-15-23(28)18-25-26(21-12-6-5-7-13-21)24-16-10-9-14-22(24)19-27-25/h5-7,9-10,12-14,16,19-20H,3-4,8,11,15,17-18H2,1-2H3,(H,29,30). The zero-order chi connectivity index (χ0) is 23.7. The molecule has 1 unspecified atom stereocenters. The largest absolute Gasteiger partial charge is 0.472 e. The molecule has 0 spiro atoms. The van der Waals surface area contributed by atoms with Crippen LogP contribution >= 0.6 is 7.82 Å². The summed E-state index contributed by atoms with van der Waals surface area (Å²) in [4.78, 5) is 26.9. The molecule has 0 aliphatic heterocycles. The first-order valence-corrected chi connectivity index (χ1v) is 12.9. The highest BCUT2D eigenvalue weighted by atomic mass is 31.2. The quantitative estimate of drug-likeness (QED) is 0.227. The molecule has 1 atom stereocenters. The first-order chi connectivity index (χ1) is 15.9. The van der Waals surface area contributed by atoms with Crippen LogP contribution in [0.15, 0.2) is 60.8 Å². The summed E-state index contributed by atoms with van der Waals surface area (Å²) < 4.78 is 21.5. The summed E-state index contributed by atoms with van der Waals surface area (Å²) in [6.07, 6.45) is 5.35. The number of aromatic nitrogens is 1. The van der Waals surface area contributed by atoms with Crippen LogP contribution in [0.2, 0.25) is 0 Å². The van der Waals surface area contributed by atoms with Gasteiger partial charge in [0, 0.05) is 30.0 Å². The van der Waals surface area contributed by atoms with E-state index in [9.17, 15) is 14.3 Å². The number of Topliss-reactive ketones (excluding diaryl/α,β-unsaturated/α-hetero) is 1. The highest BCUT2D eigenvalue weighted by Gasteiger charge is 2.22. The van der Waals surface area contributed by atoms with Crippen molar-refractivity contribution in [2.45, 2.75) is 58.5 Å². The topological polar surface area (TPSA) is 85.7 Å². The Morgan fingerprint density at radius 3 is 2.45 bits per heavy atom. The lowest BCUT2D eigenvalue weighted by Crippen LogP contribution is -2.06. The zero-order valence-electron chi connectivity index (χ0n) is 19.3. The van der Waals surface area contributed by atoms with Gasteiger partial charge < -0.3 is 4.89 Å². The van der Waals surface area contributed by atoms with E-state index in [4.69, 9.17) is 9.05 Å². The Bertz CT molecular complexity index is 1100. The van der Waals surface area contributed by atoms with Crippen LogP contribution in [0, 0.1) is 0 Å². The molecule has 3 aromatic rings. The van der Waals surface area contributed by atoms with E-state index in [1.807, 2.05) is 42.6 Å². The highest BCUT2D eigenvalue weighted by molar-refractivity contribution is 7.47. The summed E-state index contributed by atoms with van der Waals surface area (Å²) in [5, 5.41) is 2.16. The number of unbranched alkanes of at least 4 members (excludes halogenated alkanes) is 3. The molecular formula is C26H32NO5P. The fraction of sp³-hybridized carbons (Fsp3) is 0.385. The van der Waals surface area contributed by atoms with E-state index in [2.05, 4.69) is 23.2 Å². The summed E-state index contributed by atoms with van der Waals surface area (Å²) in [7, 11) is -3.97. The monoisotopic (exact) mass is 469 g/mol. The summed E-state index contributed by atoms with van der Waals surface area (Å²) >= 11 is 0. The molecule has 2 aromatic carbocycles. The van der Waals surface area contributed by atoms with Gasteiger partial charge in [0.2, 0.25) is 0 Å². The van der Waals surface area contributed by atoms with Crippen LogP contribution in [-0.4, -0.2) is 28.4 Å². The van der Waals surface area contributed by atoms with Crippen molar-refractivity contribution in [1.29, 1.82) is 0 Å². The highest BCUT2D eigenvalue weighted by Crippen LogP contribution is 2.44. The molecule has 7 heteroatoms. The van der Waals surface area contributed by atoms with E-state index in [0.29, 0.717) is 19.3 Å².